The van der Waals surface area contributed by atoms with Gasteiger partial charge in [-0.15, -0.1) is 4.52 Å². The third-order valence-electron chi connectivity index (χ3n) is 7.52. The van der Waals surface area contributed by atoms with Crippen LogP contribution in [-0.4, -0.2) is 111 Å². The quantitative estimate of drug-likeness (QED) is 0.190. The average Bonchev–Trinajstić information content (AvgIpc) is 3.51. The molecule has 0 aliphatic carbocycles. The molecule has 0 radical (unpaired) electrons. The molecule has 3 N–H and O–H groups in total. The van der Waals surface area contributed by atoms with Crippen molar-refractivity contribution < 1.29 is 37.7 Å². The highest BCUT2D eigenvalue weighted by atomic mass is 31.1. The Balaban J connectivity index is 1.34. The van der Waals surface area contributed by atoms with Crippen LogP contribution in [0.2, 0.25) is 0 Å². The standard InChI is InChI=1S/C26H35FN8O7P/c1-16(23(37)39-4)35(42-17-8-6-5-7-9-17)43(38)40-14-18-20(36)26(2,27)24(41-18)34-15-29-19-21(30-25(28)31-22(19)34)33-12-10-32(3)11-13-33/h5-9,15-16,18,20,24,36H,10-14H2,1-4H3,(H2,28,30,31)/q+1/t16?,18-,20-,24-,26-/m1/s1. The van der Waals surface area contributed by atoms with Gasteiger partial charge in [0.25, 0.3) is 0 Å². The Kier molecular flexibility index (Phi) is 9.06. The van der Waals surface area contributed by atoms with Gasteiger partial charge in [0, 0.05) is 26.2 Å². The molecule has 0 saturated carbocycles. The number of likely N-dealkylation sites (N-methyl/N-ethyl adjacent to an activating group) is 1. The van der Waals surface area contributed by atoms with Crippen LogP contribution in [0.25, 0.3) is 11.2 Å². The summed E-state index contributed by atoms with van der Waals surface area (Å²) in [5, 5.41) is 10.9. The zero-order valence-corrected chi connectivity index (χ0v) is 25.1. The van der Waals surface area contributed by atoms with Crippen LogP contribution >= 0.6 is 8.18 Å². The highest BCUT2D eigenvalue weighted by molar-refractivity contribution is 7.36. The molecule has 0 spiro atoms. The molecule has 3 aromatic rings. The Labute approximate surface area is 248 Å². The van der Waals surface area contributed by atoms with Crippen LogP contribution in [0.4, 0.5) is 16.2 Å². The first-order valence-corrected chi connectivity index (χ1v) is 14.8. The number of methoxy groups -OCH3 is 1. The van der Waals surface area contributed by atoms with E-state index in [1.54, 1.807) is 30.3 Å². The van der Waals surface area contributed by atoms with E-state index in [1.165, 1.54) is 31.9 Å². The Bertz CT molecular complexity index is 1460. The number of benzene rings is 1. The van der Waals surface area contributed by atoms with Crippen molar-refractivity contribution in [1.29, 1.82) is 0 Å². The number of ether oxygens (including phenoxy) is 2. The number of alkyl halides is 1. The number of piperazine rings is 1. The minimum Gasteiger partial charge on any atom is -0.468 e. The molecule has 15 nitrogen and oxygen atoms in total. The fraction of sp³-hybridized carbons (Fsp3) is 0.538. The Morgan fingerprint density at radius 1 is 1.28 bits per heavy atom. The fourth-order valence-corrected chi connectivity index (χ4v) is 5.90. The molecule has 2 fully saturated rings. The van der Waals surface area contributed by atoms with Crippen LogP contribution in [0.3, 0.4) is 0 Å². The van der Waals surface area contributed by atoms with E-state index in [1.807, 2.05) is 11.9 Å². The summed E-state index contributed by atoms with van der Waals surface area (Å²) in [5.74, 6) is 0.0875. The molecule has 0 bridgehead atoms. The number of nitrogens with zero attached hydrogens (tertiary/aromatic N) is 7. The van der Waals surface area contributed by atoms with E-state index in [9.17, 15) is 14.5 Å². The van der Waals surface area contributed by atoms with E-state index in [-0.39, 0.29) is 11.6 Å². The molecule has 2 saturated heterocycles. The lowest BCUT2D eigenvalue weighted by Crippen LogP contribution is -2.45. The third kappa shape index (κ3) is 6.25. The number of carbonyl (C=O) groups is 1. The predicted octanol–water partition coefficient (Wildman–Crippen LogP) is 1.68. The van der Waals surface area contributed by atoms with E-state index < -0.39 is 50.9 Å². The van der Waals surface area contributed by atoms with Gasteiger partial charge in [0.2, 0.25) is 5.95 Å². The highest BCUT2D eigenvalue weighted by Gasteiger charge is 2.56. The summed E-state index contributed by atoms with van der Waals surface area (Å²) in [5.41, 5.74) is 4.37. The zero-order chi connectivity index (χ0) is 30.9. The monoisotopic (exact) mass is 621 g/mol. The normalized spacial score (nSPS) is 25.7. The number of aromatic nitrogens is 4. The number of aliphatic hydroxyl groups excluding tert-OH is 1. The van der Waals surface area contributed by atoms with E-state index in [0.29, 0.717) is 30.2 Å². The molecule has 2 aliphatic heterocycles. The lowest BCUT2D eigenvalue weighted by molar-refractivity contribution is -0.152. The molecule has 6 atom stereocenters. The number of nitrogen functional groups attached to an aromatic ring is 1. The summed E-state index contributed by atoms with van der Waals surface area (Å²) in [7, 11) is 0.381. The maximum atomic E-state index is 16.1. The molecule has 232 valence electrons. The minimum absolute atomic E-state index is 0.0163. The van der Waals surface area contributed by atoms with Crippen molar-refractivity contribution in [2.75, 3.05) is 57.6 Å². The molecule has 17 heteroatoms. The van der Waals surface area contributed by atoms with Crippen LogP contribution < -0.4 is 15.5 Å². The number of anilines is 2. The zero-order valence-electron chi connectivity index (χ0n) is 24.2. The van der Waals surface area contributed by atoms with Crippen LogP contribution in [0.1, 0.15) is 20.1 Å². The van der Waals surface area contributed by atoms with Gasteiger partial charge in [0.15, 0.2) is 40.7 Å². The molecule has 2 unspecified atom stereocenters. The maximum Gasteiger partial charge on any atom is 0.653 e. The van der Waals surface area contributed by atoms with Gasteiger partial charge in [-0.1, -0.05) is 18.2 Å². The van der Waals surface area contributed by atoms with E-state index in [4.69, 9.17) is 24.6 Å². The molecular weight excluding hydrogens is 586 g/mol. The largest absolute Gasteiger partial charge is 0.653 e. The van der Waals surface area contributed by atoms with Crippen molar-refractivity contribution in [3.8, 4) is 5.75 Å². The Morgan fingerprint density at radius 2 is 1.98 bits per heavy atom. The van der Waals surface area contributed by atoms with Crippen molar-refractivity contribution in [3.63, 3.8) is 0 Å². The lowest BCUT2D eigenvalue weighted by Gasteiger charge is -2.33. The van der Waals surface area contributed by atoms with Crippen molar-refractivity contribution in [1.82, 2.24) is 29.3 Å². The lowest BCUT2D eigenvalue weighted by atomic mass is 9.98. The van der Waals surface area contributed by atoms with Gasteiger partial charge in [0.1, 0.15) is 23.6 Å². The molecule has 2 aromatic heterocycles. The van der Waals surface area contributed by atoms with Gasteiger partial charge >= 0.3 is 14.1 Å². The molecule has 1 aromatic carbocycles. The van der Waals surface area contributed by atoms with Gasteiger partial charge in [0.05, 0.1) is 13.4 Å². The summed E-state index contributed by atoms with van der Waals surface area (Å²) in [6.45, 7) is 5.16. The minimum atomic E-state index is -2.84. The first-order chi connectivity index (χ1) is 20.5. The number of para-hydroxylation sites is 1. The molecule has 5 rings (SSSR count). The van der Waals surface area contributed by atoms with Gasteiger partial charge in [-0.05, 0) is 37.6 Å². The van der Waals surface area contributed by atoms with Crippen molar-refractivity contribution in [3.05, 3.63) is 36.7 Å². The number of fused-ring (bicyclic) bond motifs is 1. The number of nitrogens with two attached hydrogens (primary N) is 1. The second kappa shape index (κ2) is 12.6. The first kappa shape index (κ1) is 30.9. The molecular formula is C26H35FN8O7P+. The second-order valence-electron chi connectivity index (χ2n) is 10.6. The average molecular weight is 622 g/mol. The topological polar surface area (TPSA) is 171 Å². The van der Waals surface area contributed by atoms with Crippen molar-refractivity contribution >= 4 is 37.1 Å². The summed E-state index contributed by atoms with van der Waals surface area (Å²) in [4.78, 5) is 36.1. The fourth-order valence-electron chi connectivity index (χ4n) is 4.98. The smallest absolute Gasteiger partial charge is 0.468 e. The van der Waals surface area contributed by atoms with Gasteiger partial charge in [-0.3, -0.25) is 9.36 Å². The van der Waals surface area contributed by atoms with Crippen LogP contribution in [-0.2, 0) is 23.4 Å². The van der Waals surface area contributed by atoms with Crippen LogP contribution in [0.5, 0.6) is 5.75 Å². The van der Waals surface area contributed by atoms with Crippen LogP contribution in [0.15, 0.2) is 36.7 Å². The molecule has 4 heterocycles. The number of hydroxylamine groups is 1. The molecule has 0 amide bonds. The number of esters is 1. The summed E-state index contributed by atoms with van der Waals surface area (Å²) < 4.78 is 46.9. The molecule has 43 heavy (non-hydrogen) atoms. The van der Waals surface area contributed by atoms with Gasteiger partial charge in [-0.2, -0.15) is 9.97 Å². The SMILES string of the molecule is COC(=O)C(C)N(Oc1ccccc1)[P+](=O)OC[C@H]1O[C@@H](n2cnc3c(N4CCN(C)CC4)nc(N)nc32)[C@](C)(F)[C@@H]1O. The van der Waals surface area contributed by atoms with Gasteiger partial charge in [-0.25, -0.2) is 9.37 Å². The van der Waals surface area contributed by atoms with Crippen molar-refractivity contribution in [2.45, 2.75) is 44.0 Å². The first-order valence-electron chi connectivity index (χ1n) is 13.7. The summed E-state index contributed by atoms with van der Waals surface area (Å²) in [6, 6.07) is 7.23. The number of imidazole rings is 1. The summed E-state index contributed by atoms with van der Waals surface area (Å²) in [6.07, 6.45) is -2.94. The maximum absolute atomic E-state index is 16.1. The Morgan fingerprint density at radius 3 is 2.65 bits per heavy atom. The number of aliphatic hydroxyl groups is 1. The Hall–Kier alpha value is -3.53. The summed E-state index contributed by atoms with van der Waals surface area (Å²) >= 11 is 0. The highest BCUT2D eigenvalue weighted by Crippen LogP contribution is 2.44. The molecule has 2 aliphatic rings. The van der Waals surface area contributed by atoms with E-state index in [2.05, 4.69) is 19.9 Å². The number of carbonyl (C=O) groups excluding carboxylic acids is 1. The van der Waals surface area contributed by atoms with E-state index >= 15 is 4.39 Å². The van der Waals surface area contributed by atoms with Gasteiger partial charge < -0.3 is 35.0 Å². The second-order valence-corrected chi connectivity index (χ2v) is 11.7. The predicted molar refractivity (Wildman–Crippen MR) is 153 cm³/mol. The number of halogens is 1. The van der Waals surface area contributed by atoms with Crippen molar-refractivity contribution in [2.24, 2.45) is 0 Å². The number of rotatable bonds is 10. The van der Waals surface area contributed by atoms with E-state index in [0.717, 1.165) is 17.9 Å². The number of hydrogen-bond donors (Lipinski definition) is 2. The van der Waals surface area contributed by atoms with Crippen LogP contribution in [0, 0.1) is 0 Å². The number of hydrogen-bond acceptors (Lipinski definition) is 13. The third-order valence-corrected chi connectivity index (χ3v) is 8.64.